The number of hydrogen-bond donors (Lipinski definition) is 2. The first-order chi connectivity index (χ1) is 15.6. The average Bonchev–Trinajstić information content (AvgIpc) is 3.42. The normalized spacial score (nSPS) is 10.9. The average molecular weight is 424 g/mol. The minimum absolute atomic E-state index is 0.211. The fourth-order valence-corrected chi connectivity index (χ4v) is 3.50. The Bertz CT molecular complexity index is 1400. The van der Waals surface area contributed by atoms with Gasteiger partial charge in [0, 0.05) is 36.0 Å². The Morgan fingerprint density at radius 1 is 0.906 bits per heavy atom. The quantitative estimate of drug-likeness (QED) is 0.443. The molecule has 0 saturated heterocycles. The highest BCUT2D eigenvalue weighted by Crippen LogP contribution is 2.20. The molecule has 0 aliphatic carbocycles. The lowest BCUT2D eigenvalue weighted by atomic mass is 10.2. The van der Waals surface area contributed by atoms with Gasteiger partial charge in [-0.3, -0.25) is 9.20 Å². The summed E-state index contributed by atoms with van der Waals surface area (Å²) in [5.41, 5.74) is 3.45. The molecule has 5 aromatic rings. The number of aryl methyl sites for hydroxylation is 2. The number of carbonyl (C=O) groups is 1. The summed E-state index contributed by atoms with van der Waals surface area (Å²) in [6, 6.07) is 16.7. The van der Waals surface area contributed by atoms with Crippen LogP contribution in [0.1, 0.15) is 22.0 Å². The van der Waals surface area contributed by atoms with E-state index in [9.17, 15) is 4.79 Å². The molecular formula is C23H20N8O. The van der Waals surface area contributed by atoms with Crippen LogP contribution in [0.2, 0.25) is 0 Å². The molecule has 4 heterocycles. The zero-order valence-electron chi connectivity index (χ0n) is 17.5. The molecule has 0 aliphatic rings. The van der Waals surface area contributed by atoms with Crippen molar-refractivity contribution in [1.29, 1.82) is 0 Å². The molecule has 0 unspecified atom stereocenters. The van der Waals surface area contributed by atoms with Crippen molar-refractivity contribution < 1.29 is 4.79 Å². The minimum atomic E-state index is -0.211. The third-order valence-corrected chi connectivity index (χ3v) is 4.90. The molecule has 0 spiro atoms. The molecule has 32 heavy (non-hydrogen) atoms. The maximum absolute atomic E-state index is 12.9. The number of anilines is 3. The van der Waals surface area contributed by atoms with Gasteiger partial charge in [0.15, 0.2) is 5.82 Å². The van der Waals surface area contributed by atoms with Crippen molar-refractivity contribution in [1.82, 2.24) is 29.1 Å². The van der Waals surface area contributed by atoms with E-state index in [1.54, 1.807) is 15.3 Å². The summed E-state index contributed by atoms with van der Waals surface area (Å²) in [6.45, 7) is 3.66. The van der Waals surface area contributed by atoms with Gasteiger partial charge in [-0.25, -0.2) is 19.6 Å². The monoisotopic (exact) mass is 424 g/mol. The first-order valence-electron chi connectivity index (χ1n) is 10.0. The lowest BCUT2D eigenvalue weighted by molar-refractivity contribution is 0.102. The Hall–Kier alpha value is -4.53. The largest absolute Gasteiger partial charge is 0.340 e. The smallest absolute Gasteiger partial charge is 0.274 e. The number of imidazole rings is 1. The molecule has 5 rings (SSSR count). The van der Waals surface area contributed by atoms with Crippen molar-refractivity contribution in [2.75, 3.05) is 10.6 Å². The van der Waals surface area contributed by atoms with Gasteiger partial charge >= 0.3 is 0 Å². The third-order valence-electron chi connectivity index (χ3n) is 4.90. The van der Waals surface area contributed by atoms with E-state index in [0.29, 0.717) is 34.5 Å². The molecule has 2 N–H and O–H groups in total. The summed E-state index contributed by atoms with van der Waals surface area (Å²) < 4.78 is 3.47. The molecule has 9 nitrogen and oxygen atoms in total. The van der Waals surface area contributed by atoms with E-state index >= 15 is 0 Å². The molecule has 0 fully saturated rings. The molecular weight excluding hydrogens is 404 g/mol. The van der Waals surface area contributed by atoms with Crippen LogP contribution in [0.15, 0.2) is 73.2 Å². The van der Waals surface area contributed by atoms with Crippen LogP contribution in [0.3, 0.4) is 0 Å². The lowest BCUT2D eigenvalue weighted by Crippen LogP contribution is -2.15. The van der Waals surface area contributed by atoms with Crippen LogP contribution in [-0.2, 0) is 0 Å². The second-order valence-electron chi connectivity index (χ2n) is 7.24. The van der Waals surface area contributed by atoms with Crippen LogP contribution in [0, 0.1) is 13.8 Å². The zero-order valence-corrected chi connectivity index (χ0v) is 17.5. The van der Waals surface area contributed by atoms with Gasteiger partial charge in [0.2, 0.25) is 0 Å². The number of aromatic nitrogens is 6. The number of fused-ring (bicyclic) bond motifs is 1. The molecule has 1 aromatic carbocycles. The highest BCUT2D eigenvalue weighted by atomic mass is 16.2. The predicted molar refractivity (Wildman–Crippen MR) is 121 cm³/mol. The van der Waals surface area contributed by atoms with E-state index in [1.807, 2.05) is 80.8 Å². The van der Waals surface area contributed by atoms with Crippen LogP contribution in [0.5, 0.6) is 0 Å². The Balaban J connectivity index is 1.33. The highest BCUT2D eigenvalue weighted by Gasteiger charge is 2.16. The molecule has 9 heteroatoms. The second-order valence-corrected chi connectivity index (χ2v) is 7.24. The molecule has 4 aromatic heterocycles. The van der Waals surface area contributed by atoms with Gasteiger partial charge in [0.05, 0.1) is 5.69 Å². The standard InChI is InChI=1S/C23H20N8O/c1-15-22(30-12-4-3-6-20(30)25-15)23(32)29-18-9-7-17(8-10-18)28-19-14-21(27-16(2)26-19)31-13-5-11-24-31/h3-14H,1-2H3,(H,29,32)(H,26,27,28). The van der Waals surface area contributed by atoms with Crippen molar-refractivity contribution in [2.24, 2.45) is 0 Å². The molecule has 0 bridgehead atoms. The van der Waals surface area contributed by atoms with Gasteiger partial charge in [0.1, 0.15) is 23.0 Å². The molecule has 0 aliphatic heterocycles. The van der Waals surface area contributed by atoms with Crippen molar-refractivity contribution in [3.05, 3.63) is 90.4 Å². The van der Waals surface area contributed by atoms with Crippen molar-refractivity contribution >= 4 is 28.7 Å². The Morgan fingerprint density at radius 3 is 2.50 bits per heavy atom. The van der Waals surface area contributed by atoms with Gasteiger partial charge in [-0.15, -0.1) is 0 Å². The van der Waals surface area contributed by atoms with E-state index in [1.165, 1.54) is 0 Å². The molecule has 0 radical (unpaired) electrons. The number of benzene rings is 1. The fourth-order valence-electron chi connectivity index (χ4n) is 3.50. The Labute approximate surface area is 183 Å². The fraction of sp³-hybridized carbons (Fsp3) is 0.0870. The lowest BCUT2D eigenvalue weighted by Gasteiger charge is -2.10. The first-order valence-corrected chi connectivity index (χ1v) is 10.0. The first kappa shape index (κ1) is 19.4. The third kappa shape index (κ3) is 3.79. The summed E-state index contributed by atoms with van der Waals surface area (Å²) in [6.07, 6.45) is 5.36. The zero-order chi connectivity index (χ0) is 22.1. The van der Waals surface area contributed by atoms with E-state index in [-0.39, 0.29) is 5.91 Å². The van der Waals surface area contributed by atoms with Crippen LogP contribution >= 0.6 is 0 Å². The SMILES string of the molecule is Cc1nc(Nc2ccc(NC(=O)c3c(C)nc4ccccn34)cc2)cc(-n2cccn2)n1. The van der Waals surface area contributed by atoms with Gasteiger partial charge in [-0.2, -0.15) is 5.10 Å². The van der Waals surface area contributed by atoms with Crippen LogP contribution < -0.4 is 10.6 Å². The van der Waals surface area contributed by atoms with Gasteiger partial charge < -0.3 is 10.6 Å². The maximum Gasteiger partial charge on any atom is 0.274 e. The van der Waals surface area contributed by atoms with E-state index < -0.39 is 0 Å². The van der Waals surface area contributed by atoms with Crippen LogP contribution in [0.4, 0.5) is 17.2 Å². The molecule has 158 valence electrons. The number of nitrogens with zero attached hydrogens (tertiary/aromatic N) is 6. The number of rotatable bonds is 5. The summed E-state index contributed by atoms with van der Waals surface area (Å²) in [5, 5.41) is 10.4. The van der Waals surface area contributed by atoms with Crippen molar-refractivity contribution in [3.8, 4) is 5.82 Å². The van der Waals surface area contributed by atoms with Gasteiger partial charge in [-0.05, 0) is 56.3 Å². The van der Waals surface area contributed by atoms with Gasteiger partial charge in [0.25, 0.3) is 5.91 Å². The Kier molecular flexibility index (Phi) is 4.83. The molecule has 0 saturated carbocycles. The number of nitrogens with one attached hydrogen (secondary N) is 2. The summed E-state index contributed by atoms with van der Waals surface area (Å²) in [4.78, 5) is 26.2. The second kappa shape index (κ2) is 7.95. The number of carbonyl (C=O) groups excluding carboxylic acids is 1. The van der Waals surface area contributed by atoms with Crippen molar-refractivity contribution in [2.45, 2.75) is 13.8 Å². The summed E-state index contributed by atoms with van der Waals surface area (Å²) in [5.74, 6) is 1.75. The molecule has 0 atom stereocenters. The minimum Gasteiger partial charge on any atom is -0.340 e. The van der Waals surface area contributed by atoms with Crippen LogP contribution in [-0.4, -0.2) is 35.0 Å². The molecule has 1 amide bonds. The van der Waals surface area contributed by atoms with Gasteiger partial charge in [-0.1, -0.05) is 6.07 Å². The number of amides is 1. The van der Waals surface area contributed by atoms with Crippen molar-refractivity contribution in [3.63, 3.8) is 0 Å². The van der Waals surface area contributed by atoms with Crippen LogP contribution in [0.25, 0.3) is 11.5 Å². The maximum atomic E-state index is 12.9. The predicted octanol–water partition coefficient (Wildman–Crippen LogP) is 3.92. The highest BCUT2D eigenvalue weighted by molar-refractivity contribution is 6.04. The number of hydrogen-bond acceptors (Lipinski definition) is 6. The Morgan fingerprint density at radius 2 is 1.72 bits per heavy atom. The van der Waals surface area contributed by atoms with E-state index in [0.717, 1.165) is 11.3 Å². The number of pyridine rings is 1. The van der Waals surface area contributed by atoms with E-state index in [2.05, 4.69) is 30.7 Å². The van der Waals surface area contributed by atoms with E-state index in [4.69, 9.17) is 0 Å². The topological polar surface area (TPSA) is 102 Å². The summed E-state index contributed by atoms with van der Waals surface area (Å²) >= 11 is 0. The summed E-state index contributed by atoms with van der Waals surface area (Å²) in [7, 11) is 0.